The molecule has 0 bridgehead atoms. The van der Waals surface area contributed by atoms with Crippen LogP contribution in [0.5, 0.6) is 0 Å². The number of nitrogens with two attached hydrogens (primary N) is 1. The lowest BCUT2D eigenvalue weighted by Gasteiger charge is -2.05. The third-order valence-electron chi connectivity index (χ3n) is 3.87. The van der Waals surface area contributed by atoms with Crippen molar-refractivity contribution in [1.29, 1.82) is 0 Å². The Hall–Kier alpha value is -3.20. The Bertz CT molecular complexity index is 958. The fourth-order valence-electron chi connectivity index (χ4n) is 2.61. The van der Waals surface area contributed by atoms with Gasteiger partial charge in [-0.2, -0.15) is 0 Å². The average Bonchev–Trinajstić information content (AvgIpc) is 2.62. The molecule has 0 radical (unpaired) electrons. The highest BCUT2D eigenvalue weighted by atomic mass is 14.8. The van der Waals surface area contributed by atoms with E-state index >= 15 is 0 Å². The SMILES string of the molecule is Nc1ccc(-c2ccc(-c3cnc4ccccc4n3)cc2)cc1. The first-order valence-electron chi connectivity index (χ1n) is 7.48. The van der Waals surface area contributed by atoms with Crippen molar-refractivity contribution < 1.29 is 0 Å². The van der Waals surface area contributed by atoms with Crippen LogP contribution in [0.25, 0.3) is 33.4 Å². The van der Waals surface area contributed by atoms with Gasteiger partial charge in [-0.25, -0.2) is 4.98 Å². The molecular formula is C20H15N3. The van der Waals surface area contributed by atoms with Crippen LogP contribution < -0.4 is 5.73 Å². The number of anilines is 1. The summed E-state index contributed by atoms with van der Waals surface area (Å²) < 4.78 is 0. The topological polar surface area (TPSA) is 51.8 Å². The maximum absolute atomic E-state index is 5.74. The molecule has 0 saturated carbocycles. The van der Waals surface area contributed by atoms with Crippen LogP contribution in [-0.4, -0.2) is 9.97 Å². The van der Waals surface area contributed by atoms with Crippen molar-refractivity contribution in [2.24, 2.45) is 0 Å². The number of nitrogen functional groups attached to an aromatic ring is 1. The quantitative estimate of drug-likeness (QED) is 0.552. The summed E-state index contributed by atoms with van der Waals surface area (Å²) in [6.07, 6.45) is 1.82. The first-order chi connectivity index (χ1) is 11.3. The van der Waals surface area contributed by atoms with Crippen LogP contribution in [-0.2, 0) is 0 Å². The van der Waals surface area contributed by atoms with Gasteiger partial charge in [0.25, 0.3) is 0 Å². The second-order valence-corrected chi connectivity index (χ2v) is 5.44. The van der Waals surface area contributed by atoms with Crippen molar-refractivity contribution in [2.75, 3.05) is 5.73 Å². The molecule has 4 rings (SSSR count). The summed E-state index contributed by atoms with van der Waals surface area (Å²) in [5, 5.41) is 0. The van der Waals surface area contributed by atoms with E-state index in [0.717, 1.165) is 39.1 Å². The molecule has 4 aromatic rings. The van der Waals surface area contributed by atoms with Crippen LogP contribution in [0.4, 0.5) is 5.69 Å². The highest BCUT2D eigenvalue weighted by Crippen LogP contribution is 2.25. The van der Waals surface area contributed by atoms with Crippen molar-refractivity contribution >= 4 is 16.7 Å². The number of nitrogens with zero attached hydrogens (tertiary/aromatic N) is 2. The lowest BCUT2D eigenvalue weighted by Crippen LogP contribution is -1.88. The third kappa shape index (κ3) is 2.64. The highest BCUT2D eigenvalue weighted by Gasteiger charge is 2.03. The monoisotopic (exact) mass is 297 g/mol. The van der Waals surface area contributed by atoms with Gasteiger partial charge in [0, 0.05) is 11.3 Å². The number of hydrogen-bond donors (Lipinski definition) is 1. The minimum absolute atomic E-state index is 0.775. The number of aromatic nitrogens is 2. The summed E-state index contributed by atoms with van der Waals surface area (Å²) in [7, 11) is 0. The second-order valence-electron chi connectivity index (χ2n) is 5.44. The minimum Gasteiger partial charge on any atom is -0.399 e. The third-order valence-corrected chi connectivity index (χ3v) is 3.87. The molecule has 0 fully saturated rings. The Morgan fingerprint density at radius 3 is 1.87 bits per heavy atom. The Morgan fingerprint density at radius 2 is 1.17 bits per heavy atom. The van der Waals surface area contributed by atoms with E-state index in [9.17, 15) is 0 Å². The van der Waals surface area contributed by atoms with Gasteiger partial charge in [0.1, 0.15) is 0 Å². The van der Waals surface area contributed by atoms with Crippen LogP contribution in [0.1, 0.15) is 0 Å². The fraction of sp³-hybridized carbons (Fsp3) is 0. The number of para-hydroxylation sites is 2. The second kappa shape index (κ2) is 5.54. The van der Waals surface area contributed by atoms with Gasteiger partial charge in [0.05, 0.1) is 22.9 Å². The van der Waals surface area contributed by atoms with Crippen LogP contribution in [0.15, 0.2) is 79.0 Å². The van der Waals surface area contributed by atoms with Crippen molar-refractivity contribution in [2.45, 2.75) is 0 Å². The predicted octanol–water partition coefficient (Wildman–Crippen LogP) is 4.55. The lowest BCUT2D eigenvalue weighted by atomic mass is 10.0. The van der Waals surface area contributed by atoms with E-state index in [4.69, 9.17) is 5.73 Å². The highest BCUT2D eigenvalue weighted by molar-refractivity contribution is 5.77. The van der Waals surface area contributed by atoms with Crippen LogP contribution in [0.3, 0.4) is 0 Å². The van der Waals surface area contributed by atoms with Gasteiger partial charge in [-0.05, 0) is 35.4 Å². The van der Waals surface area contributed by atoms with Gasteiger partial charge < -0.3 is 5.73 Å². The maximum Gasteiger partial charge on any atom is 0.0894 e. The van der Waals surface area contributed by atoms with Gasteiger partial charge in [-0.3, -0.25) is 4.98 Å². The summed E-state index contributed by atoms with van der Waals surface area (Å²) in [6.45, 7) is 0. The van der Waals surface area contributed by atoms with Crippen LogP contribution in [0, 0.1) is 0 Å². The van der Waals surface area contributed by atoms with Gasteiger partial charge in [0.15, 0.2) is 0 Å². The van der Waals surface area contributed by atoms with E-state index in [1.54, 1.807) is 0 Å². The van der Waals surface area contributed by atoms with Crippen molar-refractivity contribution in [3.8, 4) is 22.4 Å². The molecule has 3 nitrogen and oxygen atoms in total. The Balaban J connectivity index is 1.70. The number of fused-ring (bicyclic) bond motifs is 1. The zero-order chi connectivity index (χ0) is 15.6. The largest absolute Gasteiger partial charge is 0.399 e. The molecular weight excluding hydrogens is 282 g/mol. The van der Waals surface area contributed by atoms with Crippen molar-refractivity contribution in [3.05, 3.63) is 79.0 Å². The Kier molecular flexibility index (Phi) is 3.24. The van der Waals surface area contributed by atoms with Gasteiger partial charge in [-0.1, -0.05) is 48.5 Å². The van der Waals surface area contributed by atoms with E-state index in [0.29, 0.717) is 0 Å². The molecule has 0 atom stereocenters. The number of hydrogen-bond acceptors (Lipinski definition) is 3. The molecule has 0 aliphatic heterocycles. The molecule has 3 heteroatoms. The first-order valence-corrected chi connectivity index (χ1v) is 7.48. The average molecular weight is 297 g/mol. The van der Waals surface area contributed by atoms with E-state index in [1.165, 1.54) is 0 Å². The molecule has 2 N–H and O–H groups in total. The zero-order valence-corrected chi connectivity index (χ0v) is 12.5. The number of benzene rings is 3. The molecule has 23 heavy (non-hydrogen) atoms. The molecule has 1 heterocycles. The zero-order valence-electron chi connectivity index (χ0n) is 12.5. The Labute approximate surface area is 134 Å². The van der Waals surface area contributed by atoms with E-state index in [1.807, 2.05) is 54.7 Å². The fourth-order valence-corrected chi connectivity index (χ4v) is 2.61. The van der Waals surface area contributed by atoms with Gasteiger partial charge in [0.2, 0.25) is 0 Å². The molecule has 1 aromatic heterocycles. The van der Waals surface area contributed by atoms with Crippen molar-refractivity contribution in [3.63, 3.8) is 0 Å². The molecule has 0 amide bonds. The first kappa shape index (κ1) is 13.5. The molecule has 0 saturated heterocycles. The molecule has 0 spiro atoms. The van der Waals surface area contributed by atoms with Crippen molar-refractivity contribution in [1.82, 2.24) is 9.97 Å². The molecule has 0 aliphatic rings. The summed E-state index contributed by atoms with van der Waals surface area (Å²) in [5.41, 5.74) is 12.6. The summed E-state index contributed by atoms with van der Waals surface area (Å²) in [5.74, 6) is 0. The molecule has 110 valence electrons. The standard InChI is InChI=1S/C20H15N3/c21-17-11-9-15(10-12-17)14-5-7-16(8-6-14)20-13-22-18-3-1-2-4-19(18)23-20/h1-13H,21H2. The maximum atomic E-state index is 5.74. The predicted molar refractivity (Wildman–Crippen MR) is 94.8 cm³/mol. The van der Waals surface area contributed by atoms with Crippen LogP contribution >= 0.6 is 0 Å². The molecule has 3 aromatic carbocycles. The minimum atomic E-state index is 0.775. The Morgan fingerprint density at radius 1 is 0.609 bits per heavy atom. The summed E-state index contributed by atoms with van der Waals surface area (Å²) >= 11 is 0. The lowest BCUT2D eigenvalue weighted by molar-refractivity contribution is 1.29. The van der Waals surface area contributed by atoms with E-state index < -0.39 is 0 Å². The van der Waals surface area contributed by atoms with Gasteiger partial charge in [-0.15, -0.1) is 0 Å². The van der Waals surface area contributed by atoms with Gasteiger partial charge >= 0.3 is 0 Å². The number of rotatable bonds is 2. The smallest absolute Gasteiger partial charge is 0.0894 e. The van der Waals surface area contributed by atoms with Crippen LogP contribution in [0.2, 0.25) is 0 Å². The van der Waals surface area contributed by atoms with E-state index in [-0.39, 0.29) is 0 Å². The summed E-state index contributed by atoms with van der Waals surface area (Å²) in [6, 6.07) is 24.1. The van der Waals surface area contributed by atoms with E-state index in [2.05, 4.69) is 34.2 Å². The summed E-state index contributed by atoms with van der Waals surface area (Å²) in [4.78, 5) is 9.15. The molecule has 0 unspecified atom stereocenters. The molecule has 0 aliphatic carbocycles. The normalized spacial score (nSPS) is 10.8.